The monoisotopic (exact) mass is 272 g/mol. The van der Waals surface area contributed by atoms with Gasteiger partial charge in [-0.05, 0) is 39.3 Å². The van der Waals surface area contributed by atoms with Gasteiger partial charge in [-0.25, -0.2) is 13.1 Å². The number of piperidine rings is 1. The van der Waals surface area contributed by atoms with Crippen molar-refractivity contribution in [2.75, 3.05) is 13.1 Å². The molecule has 1 aliphatic heterocycles. The molecule has 2 N–H and O–H groups in total. The molecule has 5 nitrogen and oxygen atoms in total. The quantitative estimate of drug-likeness (QED) is 0.867. The Morgan fingerprint density at radius 2 is 2.22 bits per heavy atom. The van der Waals surface area contributed by atoms with Gasteiger partial charge in [0.25, 0.3) is 0 Å². The van der Waals surface area contributed by atoms with Crippen LogP contribution in [0.15, 0.2) is 15.4 Å². The second-order valence-electron chi connectivity index (χ2n) is 4.78. The minimum atomic E-state index is -3.45. The van der Waals surface area contributed by atoms with Crippen LogP contribution in [0, 0.1) is 13.8 Å². The van der Waals surface area contributed by atoms with Gasteiger partial charge >= 0.3 is 0 Å². The first-order valence-corrected chi connectivity index (χ1v) is 7.77. The highest BCUT2D eigenvalue weighted by Crippen LogP contribution is 2.19. The lowest BCUT2D eigenvalue weighted by molar-refractivity contribution is 0.398. The molecule has 0 bridgehead atoms. The van der Waals surface area contributed by atoms with Crippen LogP contribution in [0.2, 0.25) is 0 Å². The third-order valence-electron chi connectivity index (χ3n) is 3.22. The summed E-state index contributed by atoms with van der Waals surface area (Å²) in [6.45, 7) is 4.82. The van der Waals surface area contributed by atoms with Gasteiger partial charge in [0, 0.05) is 12.6 Å². The van der Waals surface area contributed by atoms with Crippen LogP contribution in [-0.4, -0.2) is 27.5 Å². The zero-order valence-electron chi connectivity index (χ0n) is 10.8. The second-order valence-corrected chi connectivity index (χ2v) is 6.51. The molecule has 18 heavy (non-hydrogen) atoms. The van der Waals surface area contributed by atoms with Crippen molar-refractivity contribution in [2.24, 2.45) is 0 Å². The first-order valence-electron chi connectivity index (χ1n) is 6.29. The molecule has 0 aliphatic carbocycles. The van der Waals surface area contributed by atoms with E-state index in [0.717, 1.165) is 19.4 Å². The van der Waals surface area contributed by atoms with Crippen LogP contribution in [0.5, 0.6) is 0 Å². The van der Waals surface area contributed by atoms with E-state index in [2.05, 4.69) is 10.0 Å². The molecule has 1 aromatic rings. The van der Waals surface area contributed by atoms with Gasteiger partial charge in [-0.3, -0.25) is 0 Å². The zero-order valence-corrected chi connectivity index (χ0v) is 11.6. The molecular weight excluding hydrogens is 252 g/mol. The number of aryl methyl sites for hydroxylation is 2. The van der Waals surface area contributed by atoms with Crippen LogP contribution in [-0.2, 0) is 10.0 Å². The fraction of sp³-hybridized carbons (Fsp3) is 0.667. The largest absolute Gasteiger partial charge is 0.465 e. The molecule has 0 spiro atoms. The molecule has 102 valence electrons. The molecule has 0 amide bonds. The van der Waals surface area contributed by atoms with E-state index >= 15 is 0 Å². The molecule has 1 aliphatic rings. The van der Waals surface area contributed by atoms with Crippen LogP contribution >= 0.6 is 0 Å². The van der Waals surface area contributed by atoms with Crippen molar-refractivity contribution in [1.29, 1.82) is 0 Å². The first-order chi connectivity index (χ1) is 8.49. The predicted octanol–water partition coefficient (Wildman–Crippen LogP) is 1.32. The molecule has 0 unspecified atom stereocenters. The average molecular weight is 272 g/mol. The minimum Gasteiger partial charge on any atom is -0.465 e. The summed E-state index contributed by atoms with van der Waals surface area (Å²) in [7, 11) is -3.45. The van der Waals surface area contributed by atoms with Crippen molar-refractivity contribution >= 4 is 10.0 Å². The third kappa shape index (κ3) is 3.13. The fourth-order valence-electron chi connectivity index (χ4n) is 2.26. The molecule has 0 saturated carbocycles. The van der Waals surface area contributed by atoms with E-state index in [9.17, 15) is 8.42 Å². The lowest BCUT2D eigenvalue weighted by Gasteiger charge is -2.23. The van der Waals surface area contributed by atoms with Gasteiger partial charge in [-0.1, -0.05) is 6.42 Å². The highest BCUT2D eigenvalue weighted by atomic mass is 32.2. The van der Waals surface area contributed by atoms with Crippen molar-refractivity contribution < 1.29 is 12.8 Å². The number of sulfonamides is 1. The topological polar surface area (TPSA) is 71.3 Å². The molecule has 2 heterocycles. The summed E-state index contributed by atoms with van der Waals surface area (Å²) in [5, 5.41) is 3.31. The van der Waals surface area contributed by atoms with Crippen LogP contribution < -0.4 is 10.0 Å². The Kier molecular flexibility index (Phi) is 4.09. The maximum Gasteiger partial charge on any atom is 0.244 e. The summed E-state index contributed by atoms with van der Waals surface area (Å²) < 4.78 is 32.1. The Labute approximate surface area is 108 Å². The normalized spacial score (nSPS) is 21.1. The van der Waals surface area contributed by atoms with Gasteiger partial charge in [-0.2, -0.15) is 0 Å². The van der Waals surface area contributed by atoms with E-state index in [0.29, 0.717) is 18.1 Å². The Balaban J connectivity index is 2.01. The maximum atomic E-state index is 12.1. The van der Waals surface area contributed by atoms with Gasteiger partial charge < -0.3 is 9.73 Å². The summed E-state index contributed by atoms with van der Waals surface area (Å²) >= 11 is 0. The molecule has 0 aromatic carbocycles. The summed E-state index contributed by atoms with van der Waals surface area (Å²) in [5.41, 5.74) is 0. The van der Waals surface area contributed by atoms with Crippen molar-refractivity contribution in [2.45, 2.75) is 44.0 Å². The van der Waals surface area contributed by atoms with E-state index in [1.54, 1.807) is 19.9 Å². The predicted molar refractivity (Wildman–Crippen MR) is 69.0 cm³/mol. The maximum absolute atomic E-state index is 12.1. The van der Waals surface area contributed by atoms with E-state index < -0.39 is 10.0 Å². The third-order valence-corrected chi connectivity index (χ3v) is 4.75. The smallest absolute Gasteiger partial charge is 0.244 e. The molecular formula is C12H20N2O3S. The van der Waals surface area contributed by atoms with Crippen LogP contribution in [0.4, 0.5) is 0 Å². The zero-order chi connectivity index (χ0) is 13.2. The molecule has 1 saturated heterocycles. The van der Waals surface area contributed by atoms with Gasteiger partial charge in [0.15, 0.2) is 0 Å². The molecule has 1 aromatic heterocycles. The summed E-state index contributed by atoms with van der Waals surface area (Å²) in [4.78, 5) is 0.246. The highest BCUT2D eigenvalue weighted by Gasteiger charge is 2.22. The standard InChI is InChI=1S/C12H20N2O3S/c1-9-7-12(10(2)17-9)18(15,16)14-8-11-5-3-4-6-13-11/h7,11,13-14H,3-6,8H2,1-2H3/t11-/m0/s1. The van der Waals surface area contributed by atoms with Crippen LogP contribution in [0.1, 0.15) is 30.8 Å². The number of hydrogen-bond donors (Lipinski definition) is 2. The van der Waals surface area contributed by atoms with Crippen molar-refractivity contribution in [1.82, 2.24) is 10.0 Å². The SMILES string of the molecule is Cc1cc(S(=O)(=O)NC[C@@H]2CCCCN2)c(C)o1. The average Bonchev–Trinajstić information content (AvgIpc) is 2.68. The summed E-state index contributed by atoms with van der Waals surface area (Å²) in [5.74, 6) is 1.06. The Morgan fingerprint density at radius 1 is 1.44 bits per heavy atom. The highest BCUT2D eigenvalue weighted by molar-refractivity contribution is 7.89. The number of hydrogen-bond acceptors (Lipinski definition) is 4. The van der Waals surface area contributed by atoms with Crippen molar-refractivity contribution in [3.05, 3.63) is 17.6 Å². The number of furan rings is 1. The van der Waals surface area contributed by atoms with Gasteiger partial charge in [0.05, 0.1) is 0 Å². The summed E-state index contributed by atoms with van der Waals surface area (Å²) in [6.07, 6.45) is 3.35. The van der Waals surface area contributed by atoms with E-state index in [4.69, 9.17) is 4.42 Å². The van der Waals surface area contributed by atoms with E-state index in [1.165, 1.54) is 6.42 Å². The lowest BCUT2D eigenvalue weighted by Crippen LogP contribution is -2.43. The Morgan fingerprint density at radius 3 is 2.78 bits per heavy atom. The minimum absolute atomic E-state index is 0.238. The fourth-order valence-corrected chi connectivity index (χ4v) is 3.58. The van der Waals surface area contributed by atoms with Crippen molar-refractivity contribution in [3.63, 3.8) is 0 Å². The number of nitrogens with one attached hydrogen (secondary N) is 2. The first kappa shape index (κ1) is 13.6. The number of rotatable bonds is 4. The molecule has 0 radical (unpaired) electrons. The van der Waals surface area contributed by atoms with Gasteiger partial charge in [-0.15, -0.1) is 0 Å². The Bertz CT molecular complexity index is 501. The lowest BCUT2D eigenvalue weighted by atomic mass is 10.1. The van der Waals surface area contributed by atoms with Gasteiger partial charge in [0.1, 0.15) is 16.4 Å². The van der Waals surface area contributed by atoms with E-state index in [-0.39, 0.29) is 10.9 Å². The second kappa shape index (κ2) is 5.42. The Hall–Kier alpha value is -0.850. The molecule has 6 heteroatoms. The van der Waals surface area contributed by atoms with Crippen LogP contribution in [0.3, 0.4) is 0 Å². The van der Waals surface area contributed by atoms with Crippen LogP contribution in [0.25, 0.3) is 0 Å². The molecule has 1 atom stereocenters. The molecule has 1 fully saturated rings. The van der Waals surface area contributed by atoms with Gasteiger partial charge in [0.2, 0.25) is 10.0 Å². The van der Waals surface area contributed by atoms with E-state index in [1.807, 2.05) is 0 Å². The summed E-state index contributed by atoms with van der Waals surface area (Å²) in [6, 6.07) is 1.80. The van der Waals surface area contributed by atoms with Crippen molar-refractivity contribution in [3.8, 4) is 0 Å². The molecule has 2 rings (SSSR count).